The van der Waals surface area contributed by atoms with Crippen molar-refractivity contribution in [2.75, 3.05) is 51.2 Å². The Bertz CT molecular complexity index is 960. The standard InChI is InChI=1S/C26H37N5O4S/c1-4-31-24(16-21(17-27)26(34)35-5-2)36-23(25(31)33)9-10-28-22-8-6-7-20(15-22)18-29-11-13-30(14-12-29)19(3)32/h6-8,15,21,23-24,28H,4-5,9-14,16,18H2,1-3H3. The maximum Gasteiger partial charge on any atom is 0.323 e. The molecule has 36 heavy (non-hydrogen) atoms. The summed E-state index contributed by atoms with van der Waals surface area (Å²) in [5.41, 5.74) is 2.22. The fourth-order valence-corrected chi connectivity index (χ4v) is 6.22. The molecule has 2 aliphatic rings. The molecule has 0 spiro atoms. The van der Waals surface area contributed by atoms with Gasteiger partial charge in [-0.15, -0.1) is 11.8 Å². The third-order valence-corrected chi connectivity index (χ3v) is 8.15. The molecule has 1 N–H and O–H groups in total. The Morgan fingerprint density at radius 3 is 2.64 bits per heavy atom. The number of hydrogen-bond acceptors (Lipinski definition) is 8. The Kier molecular flexibility index (Phi) is 10.4. The van der Waals surface area contributed by atoms with E-state index in [2.05, 4.69) is 22.3 Å². The molecule has 1 aromatic rings. The second-order valence-electron chi connectivity index (χ2n) is 9.07. The molecule has 0 bridgehead atoms. The number of nitriles is 1. The zero-order chi connectivity index (χ0) is 26.1. The van der Waals surface area contributed by atoms with Crippen molar-refractivity contribution in [3.63, 3.8) is 0 Å². The number of amides is 2. The number of esters is 1. The summed E-state index contributed by atoms with van der Waals surface area (Å²) in [6.07, 6.45) is 0.941. The van der Waals surface area contributed by atoms with Crippen LogP contribution in [0.15, 0.2) is 24.3 Å². The number of piperazine rings is 1. The zero-order valence-electron chi connectivity index (χ0n) is 21.4. The Hall–Kier alpha value is -2.77. The lowest BCUT2D eigenvalue weighted by atomic mass is 10.1. The van der Waals surface area contributed by atoms with Gasteiger partial charge in [-0.25, -0.2) is 0 Å². The summed E-state index contributed by atoms with van der Waals surface area (Å²) < 4.78 is 5.01. The van der Waals surface area contributed by atoms with Crippen molar-refractivity contribution in [2.24, 2.45) is 5.92 Å². The van der Waals surface area contributed by atoms with Gasteiger partial charge in [-0.1, -0.05) is 12.1 Å². The van der Waals surface area contributed by atoms with Crippen molar-refractivity contribution in [1.82, 2.24) is 14.7 Å². The number of anilines is 1. The van der Waals surface area contributed by atoms with Crippen LogP contribution in [0.2, 0.25) is 0 Å². The van der Waals surface area contributed by atoms with E-state index < -0.39 is 11.9 Å². The zero-order valence-corrected chi connectivity index (χ0v) is 22.3. The number of hydrogen-bond donors (Lipinski definition) is 1. The van der Waals surface area contributed by atoms with Crippen LogP contribution in [0.4, 0.5) is 5.69 Å². The SMILES string of the molecule is CCOC(=O)C(C#N)CC1SC(CCNc2cccc(CN3CCN(C(C)=O)CC3)c2)C(=O)N1CC. The Morgan fingerprint density at radius 2 is 2.00 bits per heavy atom. The fourth-order valence-electron chi connectivity index (χ4n) is 4.63. The molecule has 3 unspecified atom stereocenters. The number of rotatable bonds is 11. The molecular formula is C26H37N5O4S. The first kappa shape index (κ1) is 27.8. The summed E-state index contributed by atoms with van der Waals surface area (Å²) in [5.74, 6) is -1.19. The minimum Gasteiger partial charge on any atom is -0.465 e. The van der Waals surface area contributed by atoms with Crippen LogP contribution < -0.4 is 5.32 Å². The first-order valence-corrected chi connectivity index (χ1v) is 13.6. The number of carbonyl (C=O) groups excluding carboxylic acids is 3. The van der Waals surface area contributed by atoms with Crippen LogP contribution in [0.5, 0.6) is 0 Å². The number of ether oxygens (including phenoxy) is 1. The minimum atomic E-state index is -0.866. The molecular weight excluding hydrogens is 478 g/mol. The van der Waals surface area contributed by atoms with Gasteiger partial charge in [0.05, 0.1) is 23.3 Å². The van der Waals surface area contributed by atoms with Crippen LogP contribution in [-0.4, -0.2) is 89.0 Å². The maximum absolute atomic E-state index is 12.9. The molecule has 2 amide bonds. The minimum absolute atomic E-state index is 0.0632. The Morgan fingerprint density at radius 1 is 1.25 bits per heavy atom. The van der Waals surface area contributed by atoms with E-state index >= 15 is 0 Å². The maximum atomic E-state index is 12.9. The average Bonchev–Trinajstić information content (AvgIpc) is 3.17. The van der Waals surface area contributed by atoms with Gasteiger partial charge >= 0.3 is 5.97 Å². The van der Waals surface area contributed by atoms with Crippen LogP contribution in [0.1, 0.15) is 39.2 Å². The first-order valence-electron chi connectivity index (χ1n) is 12.7. The predicted molar refractivity (Wildman–Crippen MR) is 140 cm³/mol. The number of carbonyl (C=O) groups is 3. The second kappa shape index (κ2) is 13.5. The Balaban J connectivity index is 1.49. The van der Waals surface area contributed by atoms with E-state index in [1.807, 2.05) is 30.0 Å². The lowest BCUT2D eigenvalue weighted by Gasteiger charge is -2.34. The molecule has 9 nitrogen and oxygen atoms in total. The molecule has 3 atom stereocenters. The van der Waals surface area contributed by atoms with Crippen molar-refractivity contribution in [3.8, 4) is 6.07 Å². The lowest BCUT2D eigenvalue weighted by Crippen LogP contribution is -2.47. The molecule has 2 aliphatic heterocycles. The second-order valence-corrected chi connectivity index (χ2v) is 10.5. The number of nitrogens with zero attached hydrogens (tertiary/aromatic N) is 4. The van der Waals surface area contributed by atoms with Crippen molar-refractivity contribution >= 4 is 35.2 Å². The molecule has 2 fully saturated rings. The van der Waals surface area contributed by atoms with Gasteiger partial charge in [0, 0.05) is 64.8 Å². The first-order chi connectivity index (χ1) is 17.4. The topological polar surface area (TPSA) is 106 Å². The van der Waals surface area contributed by atoms with Gasteiger partial charge in [0.2, 0.25) is 11.8 Å². The Labute approximate surface area is 218 Å². The molecule has 196 valence electrons. The molecule has 3 rings (SSSR count). The van der Waals surface area contributed by atoms with E-state index in [1.54, 1.807) is 18.7 Å². The average molecular weight is 516 g/mol. The highest BCUT2D eigenvalue weighted by atomic mass is 32.2. The van der Waals surface area contributed by atoms with Gasteiger partial charge < -0.3 is 19.9 Å². The molecule has 10 heteroatoms. The van der Waals surface area contributed by atoms with E-state index in [4.69, 9.17) is 4.74 Å². The molecule has 0 saturated carbocycles. The van der Waals surface area contributed by atoms with Crippen LogP contribution in [0, 0.1) is 17.2 Å². The van der Waals surface area contributed by atoms with Gasteiger partial charge in [0.25, 0.3) is 0 Å². The van der Waals surface area contributed by atoms with Crippen molar-refractivity contribution in [1.29, 1.82) is 5.26 Å². The summed E-state index contributed by atoms with van der Waals surface area (Å²) in [4.78, 5) is 42.5. The summed E-state index contributed by atoms with van der Waals surface area (Å²) in [5, 5.41) is 12.4. The lowest BCUT2D eigenvalue weighted by molar-refractivity contribution is -0.146. The fraction of sp³-hybridized carbons (Fsp3) is 0.615. The van der Waals surface area contributed by atoms with E-state index in [0.29, 0.717) is 19.5 Å². The van der Waals surface area contributed by atoms with Crippen LogP contribution >= 0.6 is 11.8 Å². The molecule has 0 radical (unpaired) electrons. The summed E-state index contributed by atoms with van der Waals surface area (Å²) in [6.45, 7) is 10.8. The molecule has 0 aromatic heterocycles. The molecule has 1 aromatic carbocycles. The number of thioether (sulfide) groups is 1. The van der Waals surface area contributed by atoms with Gasteiger partial charge in [-0.3, -0.25) is 19.3 Å². The van der Waals surface area contributed by atoms with Gasteiger partial charge in [-0.05, 0) is 38.0 Å². The van der Waals surface area contributed by atoms with Crippen LogP contribution in [-0.2, 0) is 25.7 Å². The van der Waals surface area contributed by atoms with Gasteiger partial charge in [0.15, 0.2) is 0 Å². The summed E-state index contributed by atoms with van der Waals surface area (Å²) >= 11 is 1.54. The van der Waals surface area contributed by atoms with E-state index in [-0.39, 0.29) is 35.5 Å². The van der Waals surface area contributed by atoms with E-state index in [0.717, 1.165) is 38.4 Å². The third-order valence-electron chi connectivity index (χ3n) is 6.62. The smallest absolute Gasteiger partial charge is 0.323 e. The highest BCUT2D eigenvalue weighted by Crippen LogP contribution is 2.37. The largest absolute Gasteiger partial charge is 0.465 e. The number of benzene rings is 1. The quantitative estimate of drug-likeness (QED) is 0.448. The van der Waals surface area contributed by atoms with E-state index in [9.17, 15) is 19.6 Å². The molecule has 2 heterocycles. The molecule has 2 saturated heterocycles. The van der Waals surface area contributed by atoms with Crippen LogP contribution in [0.3, 0.4) is 0 Å². The van der Waals surface area contributed by atoms with Crippen molar-refractivity contribution in [2.45, 2.75) is 50.8 Å². The highest BCUT2D eigenvalue weighted by molar-refractivity contribution is 8.01. The monoisotopic (exact) mass is 515 g/mol. The van der Waals surface area contributed by atoms with Gasteiger partial charge in [-0.2, -0.15) is 5.26 Å². The normalized spacial score (nSPS) is 21.2. The van der Waals surface area contributed by atoms with Gasteiger partial charge in [0.1, 0.15) is 5.92 Å². The highest BCUT2D eigenvalue weighted by Gasteiger charge is 2.41. The van der Waals surface area contributed by atoms with Crippen LogP contribution in [0.25, 0.3) is 0 Å². The summed E-state index contributed by atoms with van der Waals surface area (Å²) in [6, 6.07) is 10.3. The number of nitrogens with one attached hydrogen (secondary N) is 1. The predicted octanol–water partition coefficient (Wildman–Crippen LogP) is 2.54. The van der Waals surface area contributed by atoms with E-state index in [1.165, 1.54) is 17.3 Å². The van der Waals surface area contributed by atoms with Crippen molar-refractivity contribution < 1.29 is 19.1 Å². The van der Waals surface area contributed by atoms with Crippen molar-refractivity contribution in [3.05, 3.63) is 29.8 Å². The summed E-state index contributed by atoms with van der Waals surface area (Å²) in [7, 11) is 0. The molecule has 0 aliphatic carbocycles. The third kappa shape index (κ3) is 7.37.